The molecule has 0 saturated carbocycles. The number of nitrogens with one attached hydrogen (secondary N) is 1. The quantitative estimate of drug-likeness (QED) is 0.942. The van der Waals surface area contributed by atoms with Crippen molar-refractivity contribution in [2.45, 2.75) is 33.7 Å². The van der Waals surface area contributed by atoms with Gasteiger partial charge in [0, 0.05) is 20.0 Å². The molecule has 0 aliphatic carbocycles. The maximum Gasteiger partial charge on any atom is 0.321 e. The van der Waals surface area contributed by atoms with Gasteiger partial charge in [-0.3, -0.25) is 0 Å². The van der Waals surface area contributed by atoms with Gasteiger partial charge in [-0.25, -0.2) is 14.8 Å². The molecule has 1 N–H and O–H groups in total. The number of benzene rings is 1. The van der Waals surface area contributed by atoms with Crippen LogP contribution in [-0.2, 0) is 13.0 Å². The Morgan fingerprint density at radius 2 is 1.77 bits per heavy atom. The van der Waals surface area contributed by atoms with Gasteiger partial charge < -0.3 is 10.2 Å². The van der Waals surface area contributed by atoms with E-state index in [4.69, 9.17) is 0 Å². The van der Waals surface area contributed by atoms with Crippen LogP contribution in [0.4, 0.5) is 10.5 Å². The van der Waals surface area contributed by atoms with Crippen molar-refractivity contribution in [3.63, 3.8) is 0 Å². The summed E-state index contributed by atoms with van der Waals surface area (Å²) in [5, 5.41) is 2.81. The predicted octanol–water partition coefficient (Wildman–Crippen LogP) is 3.32. The first-order chi connectivity index (χ1) is 10.5. The highest BCUT2D eigenvalue weighted by Crippen LogP contribution is 2.15. The maximum absolute atomic E-state index is 12.3. The van der Waals surface area contributed by atoms with Crippen LogP contribution in [0.15, 0.2) is 30.6 Å². The topological polar surface area (TPSA) is 58.1 Å². The minimum atomic E-state index is -0.171. The first-order valence-electron chi connectivity index (χ1n) is 7.39. The third-order valence-corrected chi connectivity index (χ3v) is 3.66. The fourth-order valence-corrected chi connectivity index (χ4v) is 2.23. The van der Waals surface area contributed by atoms with Crippen molar-refractivity contribution in [3.8, 4) is 0 Å². The molecule has 2 aromatic rings. The van der Waals surface area contributed by atoms with Gasteiger partial charge in [-0.2, -0.15) is 0 Å². The Kier molecular flexibility index (Phi) is 5.09. The molecule has 22 heavy (non-hydrogen) atoms. The first kappa shape index (κ1) is 15.9. The van der Waals surface area contributed by atoms with E-state index in [0.29, 0.717) is 12.2 Å². The van der Waals surface area contributed by atoms with Crippen molar-refractivity contribution in [3.05, 3.63) is 53.1 Å². The zero-order valence-electron chi connectivity index (χ0n) is 13.6. The number of hydrogen-bond acceptors (Lipinski definition) is 3. The first-order valence-corrected chi connectivity index (χ1v) is 7.39. The number of carbonyl (C=O) groups is 1. The summed E-state index contributed by atoms with van der Waals surface area (Å²) in [5.74, 6) is 0.766. The van der Waals surface area contributed by atoms with Gasteiger partial charge in [-0.15, -0.1) is 0 Å². The molecule has 2 amide bonds. The molecule has 0 radical (unpaired) electrons. The molecule has 116 valence electrons. The number of carbonyl (C=O) groups excluding carboxylic acids is 1. The van der Waals surface area contributed by atoms with E-state index >= 15 is 0 Å². The van der Waals surface area contributed by atoms with Crippen LogP contribution in [0.1, 0.15) is 29.4 Å². The normalized spacial score (nSPS) is 10.4. The lowest BCUT2D eigenvalue weighted by molar-refractivity contribution is 0.220. The summed E-state index contributed by atoms with van der Waals surface area (Å²) in [5.41, 5.74) is 4.17. The van der Waals surface area contributed by atoms with E-state index in [0.717, 1.165) is 12.2 Å². The summed E-state index contributed by atoms with van der Waals surface area (Å²) in [7, 11) is 1.78. The van der Waals surface area contributed by atoms with Crippen LogP contribution in [-0.4, -0.2) is 27.9 Å². The summed E-state index contributed by atoms with van der Waals surface area (Å²) in [6.07, 6.45) is 4.05. The summed E-state index contributed by atoms with van der Waals surface area (Å²) in [4.78, 5) is 22.3. The van der Waals surface area contributed by atoms with Gasteiger partial charge in [0.15, 0.2) is 0 Å². The van der Waals surface area contributed by atoms with E-state index < -0.39 is 0 Å². The Balaban J connectivity index is 2.02. The molecular formula is C17H22N4O. The third-order valence-electron chi connectivity index (χ3n) is 3.66. The zero-order valence-corrected chi connectivity index (χ0v) is 13.6. The van der Waals surface area contributed by atoms with E-state index in [1.807, 2.05) is 13.0 Å². The molecule has 0 unspecified atom stereocenters. The van der Waals surface area contributed by atoms with Crippen molar-refractivity contribution in [1.29, 1.82) is 0 Å². The van der Waals surface area contributed by atoms with Gasteiger partial charge in [-0.1, -0.05) is 25.1 Å². The lowest BCUT2D eigenvalue weighted by Gasteiger charge is -2.20. The molecule has 0 fully saturated rings. The Hall–Kier alpha value is -2.43. The average molecular weight is 298 g/mol. The summed E-state index contributed by atoms with van der Waals surface area (Å²) in [6.45, 7) is 6.68. The van der Waals surface area contributed by atoms with E-state index in [1.54, 1.807) is 24.3 Å². The summed E-state index contributed by atoms with van der Waals surface area (Å²) >= 11 is 0. The van der Waals surface area contributed by atoms with Crippen LogP contribution < -0.4 is 5.32 Å². The van der Waals surface area contributed by atoms with Gasteiger partial charge in [-0.05, 0) is 30.5 Å². The van der Waals surface area contributed by atoms with Crippen molar-refractivity contribution in [2.24, 2.45) is 0 Å². The molecule has 0 bridgehead atoms. The lowest BCUT2D eigenvalue weighted by Crippen LogP contribution is -2.31. The number of amides is 2. The Labute approximate surface area is 131 Å². The SMILES string of the molecule is CCc1ncc(NC(=O)N(C)Cc2c(C)cccc2C)cn1. The summed E-state index contributed by atoms with van der Waals surface area (Å²) < 4.78 is 0. The number of aryl methyl sites for hydroxylation is 3. The van der Waals surface area contributed by atoms with Crippen LogP contribution in [0.3, 0.4) is 0 Å². The maximum atomic E-state index is 12.3. The van der Waals surface area contributed by atoms with Crippen molar-refractivity contribution < 1.29 is 4.79 Å². The lowest BCUT2D eigenvalue weighted by atomic mass is 10.0. The molecule has 0 spiro atoms. The van der Waals surface area contributed by atoms with Gasteiger partial charge >= 0.3 is 6.03 Å². The third kappa shape index (κ3) is 3.81. The molecule has 0 atom stereocenters. The van der Waals surface area contributed by atoms with Crippen LogP contribution in [0, 0.1) is 13.8 Å². The standard InChI is InChI=1S/C17H22N4O/c1-5-16-18-9-14(10-19-16)20-17(22)21(4)11-15-12(2)7-6-8-13(15)3/h6-10H,5,11H2,1-4H3,(H,20,22). The Bertz CT molecular complexity index is 632. The van der Waals surface area contributed by atoms with Gasteiger partial charge in [0.25, 0.3) is 0 Å². The fourth-order valence-electron chi connectivity index (χ4n) is 2.23. The number of anilines is 1. The van der Waals surface area contributed by atoms with E-state index in [2.05, 4.69) is 41.3 Å². The number of nitrogens with zero attached hydrogens (tertiary/aromatic N) is 3. The van der Waals surface area contributed by atoms with Gasteiger partial charge in [0.1, 0.15) is 5.82 Å². The molecule has 2 rings (SSSR count). The molecule has 0 aliphatic heterocycles. The largest absolute Gasteiger partial charge is 0.323 e. The van der Waals surface area contributed by atoms with Crippen molar-refractivity contribution in [2.75, 3.05) is 12.4 Å². The molecule has 0 saturated heterocycles. The highest BCUT2D eigenvalue weighted by molar-refractivity contribution is 5.88. The van der Waals surface area contributed by atoms with E-state index in [9.17, 15) is 4.79 Å². The smallest absolute Gasteiger partial charge is 0.321 e. The predicted molar refractivity (Wildman–Crippen MR) is 87.8 cm³/mol. The zero-order chi connectivity index (χ0) is 16.1. The van der Waals surface area contributed by atoms with E-state index in [1.165, 1.54) is 16.7 Å². The highest BCUT2D eigenvalue weighted by Gasteiger charge is 2.12. The Morgan fingerprint density at radius 1 is 1.18 bits per heavy atom. The number of aromatic nitrogens is 2. The van der Waals surface area contributed by atoms with Crippen molar-refractivity contribution in [1.82, 2.24) is 14.9 Å². The van der Waals surface area contributed by atoms with Gasteiger partial charge in [0.05, 0.1) is 18.1 Å². The number of rotatable bonds is 4. The Morgan fingerprint density at radius 3 is 2.32 bits per heavy atom. The molecule has 0 aliphatic rings. The highest BCUT2D eigenvalue weighted by atomic mass is 16.2. The van der Waals surface area contributed by atoms with Gasteiger partial charge in [0.2, 0.25) is 0 Å². The minimum absolute atomic E-state index is 0.171. The second-order valence-corrected chi connectivity index (χ2v) is 5.40. The summed E-state index contributed by atoms with van der Waals surface area (Å²) in [6, 6.07) is 5.98. The fraction of sp³-hybridized carbons (Fsp3) is 0.353. The molecule has 1 heterocycles. The minimum Gasteiger partial charge on any atom is -0.323 e. The second-order valence-electron chi connectivity index (χ2n) is 5.40. The molecule has 5 nitrogen and oxygen atoms in total. The number of hydrogen-bond donors (Lipinski definition) is 1. The molecule has 5 heteroatoms. The van der Waals surface area contributed by atoms with Crippen LogP contribution in [0.2, 0.25) is 0 Å². The molecular weight excluding hydrogens is 276 g/mol. The van der Waals surface area contributed by atoms with Crippen LogP contribution in [0.25, 0.3) is 0 Å². The van der Waals surface area contributed by atoms with E-state index in [-0.39, 0.29) is 6.03 Å². The molecule has 1 aromatic carbocycles. The van der Waals surface area contributed by atoms with Crippen LogP contribution in [0.5, 0.6) is 0 Å². The molecule has 1 aromatic heterocycles. The average Bonchev–Trinajstić information content (AvgIpc) is 2.51. The van der Waals surface area contributed by atoms with Crippen LogP contribution >= 0.6 is 0 Å². The second kappa shape index (κ2) is 7.02. The monoisotopic (exact) mass is 298 g/mol. The number of urea groups is 1. The van der Waals surface area contributed by atoms with Crippen molar-refractivity contribution >= 4 is 11.7 Å².